The van der Waals surface area contributed by atoms with Gasteiger partial charge < -0.3 is 30.0 Å². The number of rotatable bonds is 11. The average molecular weight is 495 g/mol. The van der Waals surface area contributed by atoms with Gasteiger partial charge in [-0.05, 0) is 43.2 Å². The monoisotopic (exact) mass is 494 g/mol. The maximum atomic E-state index is 12.3. The maximum Gasteiger partial charge on any atom is 0.337 e. The number of hydrazone groups is 1. The number of esters is 1. The molecule has 2 aromatic rings. The fourth-order valence-electron chi connectivity index (χ4n) is 3.51. The van der Waals surface area contributed by atoms with Gasteiger partial charge in [-0.15, -0.1) is 0 Å². The number of aliphatic hydroxyl groups is 1. The van der Waals surface area contributed by atoms with E-state index in [0.29, 0.717) is 29.4 Å². The molecule has 10 nitrogen and oxygen atoms in total. The lowest BCUT2D eigenvalue weighted by Gasteiger charge is -2.28. The number of urea groups is 1. The van der Waals surface area contributed by atoms with Crippen LogP contribution in [-0.4, -0.2) is 49.9 Å². The summed E-state index contributed by atoms with van der Waals surface area (Å²) < 4.78 is 16.3. The lowest BCUT2D eigenvalue weighted by molar-refractivity contribution is -0.136. The fraction of sp³-hybridized carbons (Fsp3) is 0.269. The third-order valence-electron chi connectivity index (χ3n) is 5.14. The lowest BCUT2D eigenvalue weighted by atomic mass is 9.95. The Bertz CT molecular complexity index is 1150. The van der Waals surface area contributed by atoms with Gasteiger partial charge in [0.25, 0.3) is 0 Å². The normalized spacial score (nSPS) is 16.4. The molecule has 36 heavy (non-hydrogen) atoms. The van der Waals surface area contributed by atoms with Crippen LogP contribution in [0.25, 0.3) is 6.08 Å². The highest BCUT2D eigenvalue weighted by Gasteiger charge is 2.32. The number of carbonyl (C=O) groups is 2. The third kappa shape index (κ3) is 7.09. The van der Waals surface area contributed by atoms with Crippen molar-refractivity contribution in [3.63, 3.8) is 0 Å². The molecule has 2 amide bonds. The van der Waals surface area contributed by atoms with Gasteiger partial charge in [-0.2, -0.15) is 5.10 Å². The van der Waals surface area contributed by atoms with Crippen LogP contribution in [0.2, 0.25) is 0 Å². The molecule has 0 spiro atoms. The summed E-state index contributed by atoms with van der Waals surface area (Å²) >= 11 is 0. The van der Waals surface area contributed by atoms with Gasteiger partial charge in [0, 0.05) is 11.9 Å². The second-order valence-corrected chi connectivity index (χ2v) is 7.70. The molecule has 0 aliphatic carbocycles. The van der Waals surface area contributed by atoms with Crippen molar-refractivity contribution in [1.82, 2.24) is 16.1 Å². The molecule has 4 N–H and O–H groups in total. The van der Waals surface area contributed by atoms with Crippen molar-refractivity contribution >= 4 is 24.3 Å². The second-order valence-electron chi connectivity index (χ2n) is 7.70. The van der Waals surface area contributed by atoms with Crippen LogP contribution in [0.1, 0.15) is 31.0 Å². The molecule has 2 aromatic carbocycles. The van der Waals surface area contributed by atoms with Crippen LogP contribution >= 0.6 is 0 Å². The second kappa shape index (κ2) is 13.0. The van der Waals surface area contributed by atoms with E-state index in [1.807, 2.05) is 43.3 Å². The Balaban J connectivity index is 1.65. The topological polar surface area (TPSA) is 131 Å². The number of methoxy groups -OCH3 is 1. The number of benzene rings is 2. The molecule has 1 aliphatic heterocycles. The maximum absolute atomic E-state index is 12.3. The van der Waals surface area contributed by atoms with Crippen molar-refractivity contribution in [2.75, 3.05) is 20.3 Å². The Morgan fingerprint density at radius 2 is 1.97 bits per heavy atom. The van der Waals surface area contributed by atoms with Crippen molar-refractivity contribution in [3.8, 4) is 11.5 Å². The number of ether oxygens (including phenoxy) is 3. The van der Waals surface area contributed by atoms with E-state index in [1.165, 1.54) is 13.3 Å². The predicted octanol–water partition coefficient (Wildman–Crippen LogP) is 2.87. The number of carbonyl (C=O) groups excluding carboxylic acids is 2. The summed E-state index contributed by atoms with van der Waals surface area (Å²) in [6, 6.07) is 13.6. The van der Waals surface area contributed by atoms with Gasteiger partial charge in [-0.25, -0.2) is 9.59 Å². The summed E-state index contributed by atoms with van der Waals surface area (Å²) in [6.07, 6.45) is 4.09. The Morgan fingerprint density at radius 3 is 2.69 bits per heavy atom. The first-order chi connectivity index (χ1) is 17.4. The van der Waals surface area contributed by atoms with Gasteiger partial charge in [-0.1, -0.05) is 42.5 Å². The Labute approximate surface area is 209 Å². The van der Waals surface area contributed by atoms with Crippen LogP contribution < -0.4 is 25.5 Å². The quantitative estimate of drug-likeness (QED) is 0.164. The molecule has 0 bridgehead atoms. The number of aliphatic hydroxyl groups excluding tert-OH is 1. The first kappa shape index (κ1) is 26.3. The van der Waals surface area contributed by atoms with Gasteiger partial charge >= 0.3 is 12.0 Å². The number of amides is 2. The third-order valence-corrected chi connectivity index (χ3v) is 5.14. The van der Waals surface area contributed by atoms with E-state index in [9.17, 15) is 14.7 Å². The Hall–Kier alpha value is -4.31. The Morgan fingerprint density at radius 1 is 1.19 bits per heavy atom. The first-order valence-electron chi connectivity index (χ1n) is 11.4. The zero-order valence-corrected chi connectivity index (χ0v) is 20.4. The fourth-order valence-corrected chi connectivity index (χ4v) is 3.51. The lowest BCUT2D eigenvalue weighted by Crippen LogP contribution is -2.45. The molecule has 10 heteroatoms. The van der Waals surface area contributed by atoms with Crippen molar-refractivity contribution in [2.24, 2.45) is 5.10 Å². The largest absolute Gasteiger partial charge is 0.490 e. The van der Waals surface area contributed by atoms with Crippen molar-refractivity contribution in [3.05, 3.63) is 77.0 Å². The number of allylic oxidation sites excluding steroid dienone is 2. The van der Waals surface area contributed by atoms with Crippen molar-refractivity contribution in [1.29, 1.82) is 0 Å². The number of hydrogen-bond acceptors (Lipinski definition) is 8. The average Bonchev–Trinajstić information content (AvgIpc) is 2.87. The van der Waals surface area contributed by atoms with Crippen LogP contribution in [0, 0.1) is 0 Å². The predicted molar refractivity (Wildman–Crippen MR) is 135 cm³/mol. The van der Waals surface area contributed by atoms with E-state index in [-0.39, 0.29) is 12.2 Å². The molecule has 0 unspecified atom stereocenters. The van der Waals surface area contributed by atoms with Crippen molar-refractivity contribution in [2.45, 2.75) is 26.1 Å². The van der Waals surface area contributed by atoms with Gasteiger partial charge in [0.1, 0.15) is 6.61 Å². The standard InChI is InChI=1S/C26H30N4O6/c1-4-35-21-15-19(24-23(25(32)34-3)17(2)28-26(33)29-24)12-13-20(21)36-16-22(31)30-27-14-8-11-18-9-6-5-7-10-18/h5-15,22,24,30-31H,4,16H2,1-3H3,(H2,28,29,33)/b11-8+,27-14-/t22-,24-/m1/s1. The molecule has 0 saturated heterocycles. The van der Waals surface area contributed by atoms with E-state index in [2.05, 4.69) is 21.2 Å². The van der Waals surface area contributed by atoms with E-state index in [0.717, 1.165) is 5.56 Å². The molecular weight excluding hydrogens is 464 g/mol. The van der Waals surface area contributed by atoms with E-state index < -0.39 is 24.3 Å². The summed E-state index contributed by atoms with van der Waals surface area (Å²) in [5.74, 6) is 0.220. The summed E-state index contributed by atoms with van der Waals surface area (Å²) in [5.41, 5.74) is 4.91. The molecule has 0 radical (unpaired) electrons. The van der Waals surface area contributed by atoms with Crippen LogP contribution in [0.3, 0.4) is 0 Å². The van der Waals surface area contributed by atoms with E-state index in [4.69, 9.17) is 14.2 Å². The summed E-state index contributed by atoms with van der Waals surface area (Å²) in [4.78, 5) is 24.4. The van der Waals surface area contributed by atoms with Crippen LogP contribution in [0.5, 0.6) is 11.5 Å². The summed E-state index contributed by atoms with van der Waals surface area (Å²) in [5, 5.41) is 19.4. The molecule has 190 valence electrons. The van der Waals surface area contributed by atoms with E-state index in [1.54, 1.807) is 31.2 Å². The molecule has 1 aliphatic rings. The molecule has 0 fully saturated rings. The van der Waals surface area contributed by atoms with Gasteiger partial charge in [0.05, 0.1) is 25.3 Å². The highest BCUT2D eigenvalue weighted by molar-refractivity contribution is 5.95. The minimum atomic E-state index is -1.07. The molecule has 3 rings (SSSR count). The number of nitrogens with one attached hydrogen (secondary N) is 3. The van der Waals surface area contributed by atoms with Gasteiger partial charge in [0.15, 0.2) is 17.7 Å². The molecule has 0 saturated carbocycles. The van der Waals surface area contributed by atoms with Crippen LogP contribution in [-0.2, 0) is 9.53 Å². The minimum absolute atomic E-state index is 0.102. The van der Waals surface area contributed by atoms with Gasteiger partial charge in [0.2, 0.25) is 0 Å². The van der Waals surface area contributed by atoms with Gasteiger partial charge in [-0.3, -0.25) is 5.43 Å². The van der Waals surface area contributed by atoms with Crippen LogP contribution in [0.4, 0.5) is 4.79 Å². The highest BCUT2D eigenvalue weighted by atomic mass is 16.5. The summed E-state index contributed by atoms with van der Waals surface area (Å²) in [7, 11) is 1.28. The van der Waals surface area contributed by atoms with E-state index >= 15 is 0 Å². The number of nitrogens with zero attached hydrogens (tertiary/aromatic N) is 1. The first-order valence-corrected chi connectivity index (χ1v) is 11.4. The zero-order valence-electron chi connectivity index (χ0n) is 20.4. The zero-order chi connectivity index (χ0) is 25.9. The Kier molecular flexibility index (Phi) is 9.47. The molecule has 1 heterocycles. The van der Waals surface area contributed by atoms with Crippen LogP contribution in [0.15, 0.2) is 71.0 Å². The van der Waals surface area contributed by atoms with Crippen molar-refractivity contribution < 1.29 is 28.9 Å². The minimum Gasteiger partial charge on any atom is -0.490 e. The summed E-state index contributed by atoms with van der Waals surface area (Å²) in [6.45, 7) is 3.71. The molecule has 0 aromatic heterocycles. The molecular formula is C26H30N4O6. The smallest absolute Gasteiger partial charge is 0.337 e. The SMILES string of the molecule is CCOc1cc([C@H]2NC(=O)NC(C)=C2C(=O)OC)ccc1OC[C@@H](O)N/N=C\C=C\c1ccccc1. The number of hydrogen-bond donors (Lipinski definition) is 4. The highest BCUT2D eigenvalue weighted by Crippen LogP contribution is 2.34. The molecule has 2 atom stereocenters.